The number of nitrogens with two attached hydrogens (primary N) is 1. The predicted octanol–water partition coefficient (Wildman–Crippen LogP) is 1.25. The highest BCUT2D eigenvalue weighted by Gasteiger charge is 2.18. The number of benzene rings is 1. The van der Waals surface area contributed by atoms with Crippen molar-refractivity contribution in [3.05, 3.63) is 24.3 Å². The maximum absolute atomic E-state index is 5.71. The van der Waals surface area contributed by atoms with Gasteiger partial charge in [-0.25, -0.2) is 0 Å². The van der Waals surface area contributed by atoms with Gasteiger partial charge in [-0.3, -0.25) is 0 Å². The Hall–Kier alpha value is -1.26. The molecule has 0 saturated carbocycles. The van der Waals surface area contributed by atoms with Gasteiger partial charge in [-0.1, -0.05) is 12.1 Å². The zero-order chi connectivity index (χ0) is 12.1. The fourth-order valence-corrected chi connectivity index (χ4v) is 2.08. The fourth-order valence-electron chi connectivity index (χ4n) is 2.08. The van der Waals surface area contributed by atoms with Gasteiger partial charge in [0.2, 0.25) is 0 Å². The summed E-state index contributed by atoms with van der Waals surface area (Å²) < 4.78 is 11.1. The zero-order valence-corrected chi connectivity index (χ0v) is 10.3. The molecule has 0 fully saturated rings. The van der Waals surface area contributed by atoms with Gasteiger partial charge in [-0.15, -0.1) is 0 Å². The second-order valence-electron chi connectivity index (χ2n) is 4.21. The first-order valence-electron chi connectivity index (χ1n) is 6.04. The van der Waals surface area contributed by atoms with Crippen LogP contribution in [-0.2, 0) is 4.74 Å². The average molecular weight is 236 g/mol. The van der Waals surface area contributed by atoms with Crippen LogP contribution in [0, 0.1) is 0 Å². The molecule has 1 unspecified atom stereocenters. The van der Waals surface area contributed by atoms with E-state index in [0.29, 0.717) is 6.54 Å². The molecule has 0 bridgehead atoms. The molecular formula is C13H20N2O2. The lowest BCUT2D eigenvalue weighted by Crippen LogP contribution is -2.38. The van der Waals surface area contributed by atoms with E-state index in [1.165, 1.54) is 0 Å². The molecule has 0 spiro atoms. The SMILES string of the molecule is COC(CN)CN1CCCOc2ccccc21. The third kappa shape index (κ3) is 2.90. The van der Waals surface area contributed by atoms with Crippen molar-refractivity contribution in [2.75, 3.05) is 38.3 Å². The Labute approximate surface area is 102 Å². The maximum atomic E-state index is 5.71. The number of hydrogen-bond acceptors (Lipinski definition) is 4. The Morgan fingerprint density at radius 2 is 2.29 bits per heavy atom. The lowest BCUT2D eigenvalue weighted by molar-refractivity contribution is 0.114. The zero-order valence-electron chi connectivity index (χ0n) is 10.3. The highest BCUT2D eigenvalue weighted by atomic mass is 16.5. The molecule has 1 aliphatic rings. The molecule has 0 aliphatic carbocycles. The van der Waals surface area contributed by atoms with E-state index in [1.807, 2.05) is 18.2 Å². The first-order valence-corrected chi connectivity index (χ1v) is 6.04. The number of anilines is 1. The Balaban J connectivity index is 2.16. The number of ether oxygens (including phenoxy) is 2. The van der Waals surface area contributed by atoms with Crippen molar-refractivity contribution >= 4 is 5.69 Å². The van der Waals surface area contributed by atoms with Gasteiger partial charge >= 0.3 is 0 Å². The summed E-state index contributed by atoms with van der Waals surface area (Å²) in [6.07, 6.45) is 1.09. The number of nitrogens with zero attached hydrogens (tertiary/aromatic N) is 1. The number of hydrogen-bond donors (Lipinski definition) is 1. The summed E-state index contributed by atoms with van der Waals surface area (Å²) in [6.45, 7) is 3.11. The van der Waals surface area contributed by atoms with Crippen LogP contribution in [0.1, 0.15) is 6.42 Å². The summed E-state index contributed by atoms with van der Waals surface area (Å²) in [4.78, 5) is 2.30. The first-order chi connectivity index (χ1) is 8.35. The summed E-state index contributed by atoms with van der Waals surface area (Å²) >= 11 is 0. The number of methoxy groups -OCH3 is 1. The van der Waals surface area contributed by atoms with E-state index in [1.54, 1.807) is 7.11 Å². The molecule has 0 amide bonds. The molecule has 4 heteroatoms. The van der Waals surface area contributed by atoms with Gasteiger partial charge in [0, 0.05) is 26.7 Å². The third-order valence-electron chi connectivity index (χ3n) is 3.06. The van der Waals surface area contributed by atoms with Gasteiger partial charge in [0.05, 0.1) is 18.4 Å². The monoisotopic (exact) mass is 236 g/mol. The number of fused-ring (bicyclic) bond motifs is 1. The van der Waals surface area contributed by atoms with Gasteiger partial charge in [-0.2, -0.15) is 0 Å². The normalized spacial score (nSPS) is 16.9. The van der Waals surface area contributed by atoms with Gasteiger partial charge in [-0.05, 0) is 18.6 Å². The minimum atomic E-state index is 0.0705. The minimum Gasteiger partial charge on any atom is -0.491 e. The van der Waals surface area contributed by atoms with E-state index in [-0.39, 0.29) is 6.10 Å². The van der Waals surface area contributed by atoms with Crippen LogP contribution in [-0.4, -0.2) is 39.5 Å². The fraction of sp³-hybridized carbons (Fsp3) is 0.538. The van der Waals surface area contributed by atoms with Crippen molar-refractivity contribution in [3.8, 4) is 5.75 Å². The molecule has 0 radical (unpaired) electrons. The van der Waals surface area contributed by atoms with Crippen molar-refractivity contribution < 1.29 is 9.47 Å². The molecule has 0 aromatic heterocycles. The molecule has 17 heavy (non-hydrogen) atoms. The Morgan fingerprint density at radius 1 is 1.47 bits per heavy atom. The van der Waals surface area contributed by atoms with Crippen LogP contribution in [0.2, 0.25) is 0 Å². The molecule has 1 atom stereocenters. The quantitative estimate of drug-likeness (QED) is 0.854. The second-order valence-corrected chi connectivity index (χ2v) is 4.21. The molecule has 1 heterocycles. The standard InChI is InChI=1S/C13H20N2O2/c1-16-11(9-14)10-15-7-4-8-17-13-6-3-2-5-12(13)15/h2-3,5-6,11H,4,7-10,14H2,1H3. The molecular weight excluding hydrogens is 216 g/mol. The summed E-state index contributed by atoms with van der Waals surface area (Å²) in [5.41, 5.74) is 6.82. The average Bonchev–Trinajstić information content (AvgIpc) is 2.58. The van der Waals surface area contributed by atoms with Gasteiger partial charge < -0.3 is 20.1 Å². The van der Waals surface area contributed by atoms with Crippen molar-refractivity contribution in [1.82, 2.24) is 0 Å². The lowest BCUT2D eigenvalue weighted by Gasteiger charge is -2.27. The molecule has 0 saturated heterocycles. The van der Waals surface area contributed by atoms with Crippen molar-refractivity contribution in [2.24, 2.45) is 5.73 Å². The minimum absolute atomic E-state index is 0.0705. The largest absolute Gasteiger partial charge is 0.491 e. The van der Waals surface area contributed by atoms with Crippen LogP contribution < -0.4 is 15.4 Å². The van der Waals surface area contributed by atoms with E-state index in [4.69, 9.17) is 15.2 Å². The molecule has 4 nitrogen and oxygen atoms in total. The van der Waals surface area contributed by atoms with Crippen molar-refractivity contribution in [3.63, 3.8) is 0 Å². The van der Waals surface area contributed by atoms with Crippen molar-refractivity contribution in [2.45, 2.75) is 12.5 Å². The van der Waals surface area contributed by atoms with Crippen LogP contribution >= 0.6 is 0 Å². The second kappa shape index (κ2) is 5.89. The lowest BCUT2D eigenvalue weighted by atomic mass is 10.2. The molecule has 94 valence electrons. The van der Waals surface area contributed by atoms with Crippen LogP contribution in [0.25, 0.3) is 0 Å². The Bertz CT molecular complexity index is 353. The van der Waals surface area contributed by atoms with Crippen LogP contribution in [0.3, 0.4) is 0 Å². The molecule has 2 rings (SSSR count). The highest BCUT2D eigenvalue weighted by Crippen LogP contribution is 2.30. The van der Waals surface area contributed by atoms with E-state index in [2.05, 4.69) is 11.0 Å². The van der Waals surface area contributed by atoms with Crippen LogP contribution in [0.5, 0.6) is 5.75 Å². The molecule has 1 aliphatic heterocycles. The van der Waals surface area contributed by atoms with E-state index < -0.39 is 0 Å². The van der Waals surface area contributed by atoms with Crippen molar-refractivity contribution in [1.29, 1.82) is 0 Å². The van der Waals surface area contributed by atoms with Crippen LogP contribution in [0.15, 0.2) is 24.3 Å². The Morgan fingerprint density at radius 3 is 3.06 bits per heavy atom. The summed E-state index contributed by atoms with van der Waals surface area (Å²) in [7, 11) is 1.71. The van der Waals surface area contributed by atoms with E-state index in [0.717, 1.165) is 37.6 Å². The number of rotatable bonds is 4. The van der Waals surface area contributed by atoms with E-state index in [9.17, 15) is 0 Å². The van der Waals surface area contributed by atoms with E-state index >= 15 is 0 Å². The maximum Gasteiger partial charge on any atom is 0.142 e. The van der Waals surface area contributed by atoms with Gasteiger partial charge in [0.1, 0.15) is 5.75 Å². The molecule has 1 aromatic carbocycles. The Kier molecular flexibility index (Phi) is 4.23. The topological polar surface area (TPSA) is 47.7 Å². The van der Waals surface area contributed by atoms with Crippen LogP contribution in [0.4, 0.5) is 5.69 Å². The summed E-state index contributed by atoms with van der Waals surface area (Å²) in [6, 6.07) is 8.13. The molecule has 1 aromatic rings. The van der Waals surface area contributed by atoms with Gasteiger partial charge in [0.25, 0.3) is 0 Å². The third-order valence-corrected chi connectivity index (χ3v) is 3.06. The van der Waals surface area contributed by atoms with Gasteiger partial charge in [0.15, 0.2) is 0 Å². The molecule has 2 N–H and O–H groups in total. The highest BCUT2D eigenvalue weighted by molar-refractivity contribution is 5.59. The number of para-hydroxylation sites is 2. The summed E-state index contributed by atoms with van der Waals surface area (Å²) in [5.74, 6) is 0.955. The predicted molar refractivity (Wildman–Crippen MR) is 68.6 cm³/mol. The first kappa shape index (κ1) is 12.2. The summed E-state index contributed by atoms with van der Waals surface area (Å²) in [5, 5.41) is 0. The smallest absolute Gasteiger partial charge is 0.142 e.